The van der Waals surface area contributed by atoms with E-state index < -0.39 is 6.09 Å². The van der Waals surface area contributed by atoms with Crippen LogP contribution in [0.2, 0.25) is 0 Å². The number of fused-ring (bicyclic) bond motifs is 3. The minimum absolute atomic E-state index is 0.00375. The predicted octanol–water partition coefficient (Wildman–Crippen LogP) is 5.39. The summed E-state index contributed by atoms with van der Waals surface area (Å²) < 4.78 is 5.66. The van der Waals surface area contributed by atoms with E-state index in [1.165, 1.54) is 22.3 Å². The van der Waals surface area contributed by atoms with Crippen molar-refractivity contribution in [3.63, 3.8) is 0 Å². The Balaban J connectivity index is 1.28. The first-order chi connectivity index (χ1) is 16.7. The zero-order valence-corrected chi connectivity index (χ0v) is 18.8. The number of rotatable bonds is 6. The molecule has 2 N–H and O–H groups in total. The molecular weight excluding hydrogens is 428 g/mol. The van der Waals surface area contributed by atoms with Gasteiger partial charge in [-0.25, -0.2) is 4.79 Å². The maximum absolute atomic E-state index is 12.7. The molecule has 3 aromatic rings. The van der Waals surface area contributed by atoms with E-state index in [0.717, 1.165) is 38.3 Å². The van der Waals surface area contributed by atoms with Crippen LogP contribution in [-0.2, 0) is 11.3 Å². The van der Waals surface area contributed by atoms with Crippen molar-refractivity contribution in [2.75, 3.05) is 38.1 Å². The fourth-order valence-electron chi connectivity index (χ4n) is 4.83. The molecule has 172 valence electrons. The van der Waals surface area contributed by atoms with Crippen molar-refractivity contribution < 1.29 is 9.53 Å². The smallest absolute Gasteiger partial charge is 0.411 e. The van der Waals surface area contributed by atoms with Crippen LogP contribution in [0.25, 0.3) is 21.6 Å². The maximum atomic E-state index is 12.7. The van der Waals surface area contributed by atoms with E-state index in [1.54, 1.807) is 6.07 Å². The van der Waals surface area contributed by atoms with Gasteiger partial charge in [0.1, 0.15) is 6.61 Å². The Bertz CT molecular complexity index is 1200. The van der Waals surface area contributed by atoms with Crippen LogP contribution in [0.5, 0.6) is 0 Å². The molecule has 0 aromatic heterocycles. The Morgan fingerprint density at radius 1 is 1.06 bits per heavy atom. The van der Waals surface area contributed by atoms with Crippen molar-refractivity contribution in [1.82, 2.24) is 10.2 Å². The third-order valence-corrected chi connectivity index (χ3v) is 6.34. The molecule has 2 aliphatic rings. The van der Waals surface area contributed by atoms with Gasteiger partial charge in [0.15, 0.2) is 0 Å². The molecule has 0 atom stereocenters. The first-order valence-electron chi connectivity index (χ1n) is 11.5. The van der Waals surface area contributed by atoms with Crippen LogP contribution in [0.3, 0.4) is 0 Å². The van der Waals surface area contributed by atoms with Gasteiger partial charge in [0.25, 0.3) is 0 Å². The second-order valence-corrected chi connectivity index (χ2v) is 8.55. The van der Waals surface area contributed by atoms with Crippen molar-refractivity contribution in [1.29, 1.82) is 0 Å². The topological polar surface area (TPSA) is 102 Å². The molecule has 1 aliphatic carbocycles. The Hall–Kier alpha value is -3.84. The van der Waals surface area contributed by atoms with Crippen molar-refractivity contribution in [2.45, 2.75) is 12.5 Å². The lowest BCUT2D eigenvalue weighted by molar-refractivity contribution is 0.158. The number of azide groups is 1. The van der Waals surface area contributed by atoms with Gasteiger partial charge in [-0.15, -0.1) is 0 Å². The van der Waals surface area contributed by atoms with E-state index in [4.69, 9.17) is 10.3 Å². The highest BCUT2D eigenvalue weighted by atomic mass is 16.5. The third-order valence-electron chi connectivity index (χ3n) is 6.34. The fraction of sp³-hybridized carbons (Fsp3) is 0.269. The number of benzene rings is 3. The number of amides is 1. The van der Waals surface area contributed by atoms with Gasteiger partial charge in [0, 0.05) is 54.9 Å². The second-order valence-electron chi connectivity index (χ2n) is 8.55. The number of piperazine rings is 1. The average molecular weight is 455 g/mol. The zero-order chi connectivity index (χ0) is 23.3. The third kappa shape index (κ3) is 4.75. The van der Waals surface area contributed by atoms with Crippen LogP contribution in [0.15, 0.2) is 71.8 Å². The molecule has 0 saturated carbocycles. The molecule has 8 heteroatoms. The monoisotopic (exact) mass is 454 g/mol. The summed E-state index contributed by atoms with van der Waals surface area (Å²) in [6.07, 6.45) is -0.534. The maximum Gasteiger partial charge on any atom is 0.411 e. The number of carbonyl (C=O) groups excluding carboxylic acids is 1. The van der Waals surface area contributed by atoms with Crippen LogP contribution in [0.4, 0.5) is 16.2 Å². The lowest BCUT2D eigenvalue weighted by Crippen LogP contribution is -2.42. The normalized spacial score (nSPS) is 15.2. The van der Waals surface area contributed by atoms with Gasteiger partial charge in [0.2, 0.25) is 0 Å². The number of nitrogens with zero attached hydrogens (tertiary/aromatic N) is 4. The molecule has 1 aliphatic heterocycles. The summed E-state index contributed by atoms with van der Waals surface area (Å²) in [7, 11) is 0. The quantitative estimate of drug-likeness (QED) is 0.296. The van der Waals surface area contributed by atoms with E-state index in [2.05, 4.69) is 49.8 Å². The van der Waals surface area contributed by atoms with Crippen molar-refractivity contribution in [2.24, 2.45) is 5.11 Å². The fourth-order valence-corrected chi connectivity index (χ4v) is 4.83. The number of hydrogen-bond acceptors (Lipinski definition) is 5. The van der Waals surface area contributed by atoms with Crippen molar-refractivity contribution in [3.8, 4) is 11.1 Å². The molecular formula is C26H26N6O2. The van der Waals surface area contributed by atoms with Crippen LogP contribution in [-0.4, -0.2) is 43.8 Å². The molecule has 0 unspecified atom stereocenters. The zero-order valence-electron chi connectivity index (χ0n) is 18.8. The number of ether oxygens (including phenoxy) is 1. The predicted molar refractivity (Wildman–Crippen MR) is 132 cm³/mol. The highest BCUT2D eigenvalue weighted by Gasteiger charge is 2.29. The van der Waals surface area contributed by atoms with Crippen molar-refractivity contribution in [3.05, 3.63) is 93.9 Å². The standard InChI is InChI=1S/C26H26N6O2/c27-31-30-20-14-18(16-32-11-9-28-10-12-32)13-19(15-20)29-26(33)34-17-25-23-7-3-1-5-21(23)22-6-2-4-8-24(22)25/h1-8,13-15,25,28H,9-12,16-17H2,(H,29,33). The summed E-state index contributed by atoms with van der Waals surface area (Å²) in [6.45, 7) is 4.74. The molecule has 1 fully saturated rings. The minimum atomic E-state index is -0.534. The molecule has 1 saturated heterocycles. The minimum Gasteiger partial charge on any atom is -0.448 e. The number of carbonyl (C=O) groups is 1. The summed E-state index contributed by atoms with van der Waals surface area (Å²) >= 11 is 0. The van der Waals surface area contributed by atoms with Gasteiger partial charge in [-0.1, -0.05) is 53.6 Å². The van der Waals surface area contributed by atoms with Crippen LogP contribution >= 0.6 is 0 Å². The highest BCUT2D eigenvalue weighted by molar-refractivity contribution is 5.86. The summed E-state index contributed by atoms with van der Waals surface area (Å²) in [5.74, 6) is -0.00375. The van der Waals surface area contributed by atoms with E-state index >= 15 is 0 Å². The first kappa shape index (κ1) is 22.0. The van der Waals surface area contributed by atoms with Gasteiger partial charge in [-0.2, -0.15) is 0 Å². The van der Waals surface area contributed by atoms with Gasteiger partial charge in [0.05, 0.1) is 0 Å². The highest BCUT2D eigenvalue weighted by Crippen LogP contribution is 2.44. The van der Waals surface area contributed by atoms with Gasteiger partial charge in [-0.3, -0.25) is 10.2 Å². The summed E-state index contributed by atoms with van der Waals surface area (Å²) in [5.41, 5.74) is 15.6. The van der Waals surface area contributed by atoms with Gasteiger partial charge >= 0.3 is 6.09 Å². The molecule has 0 radical (unpaired) electrons. The summed E-state index contributed by atoms with van der Waals surface area (Å²) in [5, 5.41) is 9.90. The van der Waals surface area contributed by atoms with Gasteiger partial charge in [-0.05, 0) is 51.5 Å². The molecule has 0 spiro atoms. The number of nitrogens with one attached hydrogen (secondary N) is 2. The first-order valence-corrected chi connectivity index (χ1v) is 11.5. The largest absolute Gasteiger partial charge is 0.448 e. The lowest BCUT2D eigenvalue weighted by atomic mass is 9.98. The van der Waals surface area contributed by atoms with Crippen LogP contribution < -0.4 is 10.6 Å². The Morgan fingerprint density at radius 3 is 2.41 bits per heavy atom. The molecule has 3 aromatic carbocycles. The molecule has 0 bridgehead atoms. The summed E-state index contributed by atoms with van der Waals surface area (Å²) in [6, 6.07) is 21.9. The van der Waals surface area contributed by atoms with Crippen molar-refractivity contribution >= 4 is 17.5 Å². The Kier molecular flexibility index (Phi) is 6.44. The molecule has 1 heterocycles. The number of hydrogen-bond donors (Lipinski definition) is 2. The molecule has 34 heavy (non-hydrogen) atoms. The van der Waals surface area contributed by atoms with E-state index in [1.807, 2.05) is 36.4 Å². The molecule has 5 rings (SSSR count). The Morgan fingerprint density at radius 2 is 1.74 bits per heavy atom. The molecule has 1 amide bonds. The van der Waals surface area contributed by atoms with E-state index in [9.17, 15) is 4.79 Å². The second kappa shape index (κ2) is 9.97. The van der Waals surface area contributed by atoms with E-state index in [0.29, 0.717) is 11.4 Å². The van der Waals surface area contributed by atoms with Crippen LogP contribution in [0, 0.1) is 0 Å². The lowest BCUT2D eigenvalue weighted by Gasteiger charge is -2.27. The molecule has 8 nitrogen and oxygen atoms in total. The summed E-state index contributed by atoms with van der Waals surface area (Å²) in [4.78, 5) is 17.9. The van der Waals surface area contributed by atoms with Gasteiger partial charge < -0.3 is 10.1 Å². The van der Waals surface area contributed by atoms with Crippen LogP contribution in [0.1, 0.15) is 22.6 Å². The Labute approximate surface area is 198 Å². The average Bonchev–Trinajstić information content (AvgIpc) is 3.17. The SMILES string of the molecule is [N-]=[N+]=Nc1cc(CN2CCNCC2)cc(NC(=O)OCC2c3ccccc3-c3ccccc32)c1. The van der Waals surface area contributed by atoms with E-state index in [-0.39, 0.29) is 12.5 Å². The number of anilines is 1.